The van der Waals surface area contributed by atoms with Crippen LogP contribution in [0, 0.1) is 0 Å². The molecular formula is C34H28N4. The van der Waals surface area contributed by atoms with Gasteiger partial charge in [0.15, 0.2) is 0 Å². The van der Waals surface area contributed by atoms with Crippen LogP contribution in [0.4, 0.5) is 17.1 Å². The first-order chi connectivity index (χ1) is 18.8. The Kier molecular flexibility index (Phi) is 5.26. The van der Waals surface area contributed by atoms with Gasteiger partial charge in [-0.3, -0.25) is 0 Å². The number of rotatable bonds is 4. The zero-order valence-electron chi connectivity index (χ0n) is 21.3. The van der Waals surface area contributed by atoms with Crippen LogP contribution in [0.1, 0.15) is 16.8 Å². The molecule has 0 fully saturated rings. The van der Waals surface area contributed by atoms with Gasteiger partial charge in [-0.15, -0.1) is 0 Å². The number of hydrogen-bond donors (Lipinski definition) is 0. The van der Waals surface area contributed by atoms with Crippen molar-refractivity contribution in [2.45, 2.75) is 5.54 Å². The van der Waals surface area contributed by atoms with Crippen molar-refractivity contribution in [3.63, 3.8) is 0 Å². The van der Waals surface area contributed by atoms with Crippen LogP contribution in [-0.4, -0.2) is 28.5 Å². The molecule has 4 aromatic carbocycles. The number of aromatic nitrogens is 1. The zero-order chi connectivity index (χ0) is 25.5. The van der Waals surface area contributed by atoms with E-state index in [1.807, 2.05) is 6.07 Å². The van der Waals surface area contributed by atoms with E-state index in [0.29, 0.717) is 0 Å². The first-order valence-corrected chi connectivity index (χ1v) is 13.0. The highest BCUT2D eigenvalue weighted by atomic mass is 15.4. The average molecular weight is 493 g/mol. The Balaban J connectivity index is 1.56. The number of nitrogens with zero attached hydrogens (tertiary/aromatic N) is 4. The van der Waals surface area contributed by atoms with Crippen LogP contribution in [0.2, 0.25) is 0 Å². The van der Waals surface area contributed by atoms with E-state index < -0.39 is 5.54 Å². The van der Waals surface area contributed by atoms with Crippen LogP contribution in [0.5, 0.6) is 0 Å². The smallest absolute Gasteiger partial charge is 0.138 e. The summed E-state index contributed by atoms with van der Waals surface area (Å²) in [5.74, 6) is 0. The Morgan fingerprint density at radius 3 is 1.84 bits per heavy atom. The standard InChI is InChI=1S/C34H28N4/c1-36-23-24-37(25-36)34(33-22-12-19-30(35-33)26-13-4-2-5-14-26)28-17-8-10-20-31(28)38(27-15-6-3-7-16-27)32-21-11-9-18-29(32)34/h2-24H,25H2,1H3. The molecule has 184 valence electrons. The summed E-state index contributed by atoms with van der Waals surface area (Å²) in [6, 6.07) is 45.1. The molecule has 0 amide bonds. The number of pyridine rings is 1. The van der Waals surface area contributed by atoms with E-state index in [2.05, 4.69) is 155 Å². The van der Waals surface area contributed by atoms with Crippen molar-refractivity contribution in [2.24, 2.45) is 0 Å². The maximum Gasteiger partial charge on any atom is 0.138 e. The minimum atomic E-state index is -0.621. The lowest BCUT2D eigenvalue weighted by Gasteiger charge is -2.49. The van der Waals surface area contributed by atoms with Gasteiger partial charge in [-0.1, -0.05) is 91.0 Å². The first-order valence-electron chi connectivity index (χ1n) is 13.0. The maximum absolute atomic E-state index is 5.39. The molecule has 4 heteroatoms. The van der Waals surface area contributed by atoms with Gasteiger partial charge < -0.3 is 14.7 Å². The predicted molar refractivity (Wildman–Crippen MR) is 154 cm³/mol. The van der Waals surface area contributed by atoms with Gasteiger partial charge in [-0.05, 0) is 36.4 Å². The van der Waals surface area contributed by atoms with Gasteiger partial charge in [0.05, 0.1) is 29.4 Å². The zero-order valence-corrected chi connectivity index (χ0v) is 21.3. The summed E-state index contributed by atoms with van der Waals surface area (Å²) in [6.45, 7) is 0.755. The third-order valence-corrected chi connectivity index (χ3v) is 7.58. The van der Waals surface area contributed by atoms with Gasteiger partial charge in [0.25, 0.3) is 0 Å². The summed E-state index contributed by atoms with van der Waals surface area (Å²) in [6.07, 6.45) is 4.36. The number of fused-ring (bicyclic) bond motifs is 2. The van der Waals surface area contributed by atoms with Gasteiger partial charge >= 0.3 is 0 Å². The van der Waals surface area contributed by atoms with Crippen LogP contribution in [0.25, 0.3) is 11.3 Å². The van der Waals surface area contributed by atoms with E-state index in [9.17, 15) is 0 Å². The topological polar surface area (TPSA) is 22.6 Å². The molecule has 0 spiro atoms. The van der Waals surface area contributed by atoms with Crippen molar-refractivity contribution in [1.29, 1.82) is 0 Å². The summed E-state index contributed by atoms with van der Waals surface area (Å²) in [4.78, 5) is 12.4. The fourth-order valence-electron chi connectivity index (χ4n) is 5.96. The molecule has 0 saturated carbocycles. The molecule has 0 bridgehead atoms. The first kappa shape index (κ1) is 22.4. The molecule has 0 aliphatic carbocycles. The average Bonchev–Trinajstić information content (AvgIpc) is 3.43. The summed E-state index contributed by atoms with van der Waals surface area (Å²) < 4.78 is 0. The van der Waals surface area contributed by atoms with E-state index >= 15 is 0 Å². The lowest BCUT2D eigenvalue weighted by atomic mass is 9.73. The molecular weight excluding hydrogens is 464 g/mol. The van der Waals surface area contributed by atoms with Crippen LogP contribution < -0.4 is 4.90 Å². The van der Waals surface area contributed by atoms with Gasteiger partial charge in [-0.2, -0.15) is 0 Å². The Labute approximate surface area is 223 Å². The normalized spacial score (nSPS) is 15.3. The molecule has 1 aromatic heterocycles. The molecule has 0 saturated heterocycles. The minimum absolute atomic E-state index is 0.621. The largest absolute Gasteiger partial charge is 0.362 e. The van der Waals surface area contributed by atoms with Crippen molar-refractivity contribution < 1.29 is 0 Å². The SMILES string of the molecule is CN1C=CN(C2(c3cccc(-c4ccccc4)n3)c3ccccc3N(c3ccccc3)c3ccccc32)C1. The molecule has 2 aliphatic heterocycles. The second kappa shape index (κ2) is 8.93. The van der Waals surface area contributed by atoms with Gasteiger partial charge in [0.2, 0.25) is 0 Å². The third kappa shape index (κ3) is 3.34. The molecule has 7 rings (SSSR count). The molecule has 0 N–H and O–H groups in total. The summed E-state index contributed by atoms with van der Waals surface area (Å²) in [5, 5.41) is 0. The Morgan fingerprint density at radius 1 is 0.605 bits per heavy atom. The number of benzene rings is 4. The molecule has 38 heavy (non-hydrogen) atoms. The summed E-state index contributed by atoms with van der Waals surface area (Å²) >= 11 is 0. The molecule has 4 nitrogen and oxygen atoms in total. The lowest BCUT2D eigenvalue weighted by molar-refractivity contribution is 0.189. The van der Waals surface area contributed by atoms with E-state index in [4.69, 9.17) is 4.98 Å². The highest BCUT2D eigenvalue weighted by Crippen LogP contribution is 2.56. The van der Waals surface area contributed by atoms with Crippen molar-refractivity contribution in [1.82, 2.24) is 14.8 Å². The number of hydrogen-bond acceptors (Lipinski definition) is 4. The van der Waals surface area contributed by atoms with Gasteiger partial charge in [0, 0.05) is 41.8 Å². The minimum Gasteiger partial charge on any atom is -0.362 e. The van der Waals surface area contributed by atoms with Crippen LogP contribution in [0.15, 0.2) is 140 Å². The molecule has 3 heterocycles. The Hall–Kier alpha value is -4.83. The second-order valence-electron chi connectivity index (χ2n) is 9.86. The van der Waals surface area contributed by atoms with Crippen LogP contribution in [0.3, 0.4) is 0 Å². The number of para-hydroxylation sites is 3. The van der Waals surface area contributed by atoms with E-state index in [0.717, 1.165) is 40.7 Å². The highest BCUT2D eigenvalue weighted by Gasteiger charge is 2.50. The predicted octanol–water partition coefficient (Wildman–Crippen LogP) is 7.50. The van der Waals surface area contributed by atoms with Crippen molar-refractivity contribution in [3.05, 3.63) is 157 Å². The van der Waals surface area contributed by atoms with Crippen molar-refractivity contribution >= 4 is 17.1 Å². The van der Waals surface area contributed by atoms with E-state index in [-0.39, 0.29) is 0 Å². The van der Waals surface area contributed by atoms with E-state index in [1.54, 1.807) is 0 Å². The molecule has 0 radical (unpaired) electrons. The van der Waals surface area contributed by atoms with Gasteiger partial charge in [0.1, 0.15) is 5.54 Å². The fourth-order valence-corrected chi connectivity index (χ4v) is 5.96. The molecule has 2 aliphatic rings. The monoisotopic (exact) mass is 492 g/mol. The maximum atomic E-state index is 5.39. The highest BCUT2D eigenvalue weighted by molar-refractivity contribution is 5.87. The molecule has 0 atom stereocenters. The molecule has 5 aromatic rings. The van der Waals surface area contributed by atoms with Crippen LogP contribution in [-0.2, 0) is 5.54 Å². The van der Waals surface area contributed by atoms with Crippen LogP contribution >= 0.6 is 0 Å². The lowest BCUT2D eigenvalue weighted by Crippen LogP contribution is -2.49. The second-order valence-corrected chi connectivity index (χ2v) is 9.86. The third-order valence-electron chi connectivity index (χ3n) is 7.58. The van der Waals surface area contributed by atoms with Gasteiger partial charge in [-0.25, -0.2) is 4.98 Å². The summed E-state index contributed by atoms with van der Waals surface area (Å²) in [7, 11) is 2.12. The Morgan fingerprint density at radius 2 is 1.21 bits per heavy atom. The quantitative estimate of drug-likeness (QED) is 0.259. The molecule has 0 unspecified atom stereocenters. The summed E-state index contributed by atoms with van der Waals surface area (Å²) in [5.41, 5.74) is 8.35. The Bertz CT molecular complexity index is 1580. The fraction of sp³-hybridized carbons (Fsp3) is 0.0882. The van der Waals surface area contributed by atoms with Crippen molar-refractivity contribution in [3.8, 4) is 11.3 Å². The van der Waals surface area contributed by atoms with Crippen molar-refractivity contribution in [2.75, 3.05) is 18.6 Å². The van der Waals surface area contributed by atoms with E-state index in [1.165, 1.54) is 11.1 Å². The number of anilines is 3.